The molecule has 1 fully saturated rings. The molecule has 2 aromatic rings. The van der Waals surface area contributed by atoms with Crippen LogP contribution < -0.4 is 5.56 Å². The van der Waals surface area contributed by atoms with Gasteiger partial charge in [0.25, 0.3) is 11.5 Å². The highest BCUT2D eigenvalue weighted by atomic mass is 16.5. The summed E-state index contributed by atoms with van der Waals surface area (Å²) in [4.78, 5) is 32.2. The lowest BCUT2D eigenvalue weighted by Crippen LogP contribution is -2.46. The van der Waals surface area contributed by atoms with Crippen molar-refractivity contribution in [3.63, 3.8) is 0 Å². The number of carbonyl (C=O) groups is 1. The van der Waals surface area contributed by atoms with Gasteiger partial charge in [-0.25, -0.2) is 4.98 Å². The molecule has 3 rings (SSSR count). The van der Waals surface area contributed by atoms with E-state index >= 15 is 0 Å². The van der Waals surface area contributed by atoms with Crippen LogP contribution in [0.5, 0.6) is 0 Å². The first-order valence-electron chi connectivity index (χ1n) is 7.56. The molecule has 23 heavy (non-hydrogen) atoms. The largest absolute Gasteiger partial charge is 0.375 e. The highest BCUT2D eigenvalue weighted by molar-refractivity contribution is 5.92. The van der Waals surface area contributed by atoms with E-state index in [0.717, 1.165) is 5.69 Å². The monoisotopic (exact) mass is 317 g/mol. The predicted octanol–water partition coefficient (Wildman–Crippen LogP) is -0.0228. The number of aromatic nitrogens is 4. The first-order chi connectivity index (χ1) is 11.1. The lowest BCUT2D eigenvalue weighted by Gasteiger charge is -2.33. The maximum Gasteiger partial charge on any atom is 0.272 e. The summed E-state index contributed by atoms with van der Waals surface area (Å²) in [6.07, 6.45) is 4.32. The Morgan fingerprint density at radius 2 is 2.39 bits per heavy atom. The fourth-order valence-electron chi connectivity index (χ4n) is 2.68. The van der Waals surface area contributed by atoms with Gasteiger partial charge in [0, 0.05) is 38.1 Å². The van der Waals surface area contributed by atoms with E-state index in [0.29, 0.717) is 38.2 Å². The number of nitrogens with zero attached hydrogens (tertiary/aromatic N) is 4. The maximum atomic E-state index is 12.5. The summed E-state index contributed by atoms with van der Waals surface area (Å²) in [6.45, 7) is 1.62. The van der Waals surface area contributed by atoms with Gasteiger partial charge < -0.3 is 14.6 Å². The van der Waals surface area contributed by atoms with Crippen molar-refractivity contribution in [2.24, 2.45) is 7.05 Å². The molecule has 1 aliphatic heterocycles. The number of nitrogens with one attached hydrogen (secondary N) is 1. The number of morpholine rings is 1. The SMILES string of the molecule is Cn1nccc1C(=O)N1CCO[C@H](CCc2cc(=O)[nH]cn2)C1. The number of aromatic amines is 1. The standard InChI is InChI=1S/C15H19N5O3/c1-19-13(4-5-18-19)15(22)20-6-7-23-12(9-20)3-2-11-8-14(21)17-10-16-11/h4-5,8,10,12H,2-3,6-7,9H2,1H3,(H,16,17,21)/t12-/m1/s1. The molecular formula is C15H19N5O3. The zero-order valence-corrected chi connectivity index (χ0v) is 12.9. The first-order valence-corrected chi connectivity index (χ1v) is 7.56. The highest BCUT2D eigenvalue weighted by Crippen LogP contribution is 2.14. The maximum absolute atomic E-state index is 12.5. The molecule has 2 aromatic heterocycles. The Balaban J connectivity index is 1.59. The van der Waals surface area contributed by atoms with E-state index in [2.05, 4.69) is 15.1 Å². The number of ether oxygens (including phenoxy) is 1. The molecule has 8 nitrogen and oxygen atoms in total. The quantitative estimate of drug-likeness (QED) is 0.855. The van der Waals surface area contributed by atoms with Crippen LogP contribution in [0.2, 0.25) is 0 Å². The summed E-state index contributed by atoms with van der Waals surface area (Å²) in [6, 6.07) is 3.20. The average Bonchev–Trinajstić information content (AvgIpc) is 2.99. The minimum atomic E-state index is -0.160. The third-order valence-electron chi connectivity index (χ3n) is 3.92. The van der Waals surface area contributed by atoms with Crippen LogP contribution in [0.15, 0.2) is 29.5 Å². The topological polar surface area (TPSA) is 93.1 Å². The van der Waals surface area contributed by atoms with E-state index in [-0.39, 0.29) is 17.6 Å². The van der Waals surface area contributed by atoms with Gasteiger partial charge in [0.2, 0.25) is 0 Å². The summed E-state index contributed by atoms with van der Waals surface area (Å²) in [5, 5.41) is 4.03. The Kier molecular flexibility index (Phi) is 4.52. The van der Waals surface area contributed by atoms with Gasteiger partial charge in [-0.3, -0.25) is 14.3 Å². The number of H-pyrrole nitrogens is 1. The number of hydrogen-bond acceptors (Lipinski definition) is 5. The zero-order chi connectivity index (χ0) is 16.2. The van der Waals surface area contributed by atoms with E-state index < -0.39 is 0 Å². The fraction of sp³-hybridized carbons (Fsp3) is 0.467. The van der Waals surface area contributed by atoms with Crippen molar-refractivity contribution in [3.05, 3.63) is 46.4 Å². The van der Waals surface area contributed by atoms with Crippen molar-refractivity contribution in [3.8, 4) is 0 Å². The molecule has 1 aliphatic rings. The molecule has 1 atom stereocenters. The minimum Gasteiger partial charge on any atom is -0.375 e. The highest BCUT2D eigenvalue weighted by Gasteiger charge is 2.26. The molecule has 0 unspecified atom stereocenters. The van der Waals surface area contributed by atoms with E-state index in [1.807, 2.05) is 0 Å². The van der Waals surface area contributed by atoms with Crippen molar-refractivity contribution < 1.29 is 9.53 Å². The van der Waals surface area contributed by atoms with Crippen LogP contribution in [-0.2, 0) is 18.2 Å². The van der Waals surface area contributed by atoms with Crippen LogP contribution in [0.1, 0.15) is 22.6 Å². The number of hydrogen-bond donors (Lipinski definition) is 1. The van der Waals surface area contributed by atoms with Gasteiger partial charge >= 0.3 is 0 Å². The van der Waals surface area contributed by atoms with Crippen LogP contribution in [-0.4, -0.2) is 56.4 Å². The van der Waals surface area contributed by atoms with Crippen LogP contribution >= 0.6 is 0 Å². The Morgan fingerprint density at radius 1 is 1.52 bits per heavy atom. The van der Waals surface area contributed by atoms with E-state index in [4.69, 9.17) is 4.74 Å². The van der Waals surface area contributed by atoms with Crippen molar-refractivity contribution in [1.82, 2.24) is 24.6 Å². The van der Waals surface area contributed by atoms with Gasteiger partial charge in [-0.1, -0.05) is 0 Å². The number of rotatable bonds is 4. The fourth-order valence-corrected chi connectivity index (χ4v) is 2.68. The van der Waals surface area contributed by atoms with Crippen molar-refractivity contribution in [1.29, 1.82) is 0 Å². The normalized spacial score (nSPS) is 18.1. The van der Waals surface area contributed by atoms with Crippen LogP contribution in [0, 0.1) is 0 Å². The third-order valence-corrected chi connectivity index (χ3v) is 3.92. The van der Waals surface area contributed by atoms with Crippen molar-refractivity contribution >= 4 is 5.91 Å². The second-order valence-corrected chi connectivity index (χ2v) is 5.53. The van der Waals surface area contributed by atoms with Crippen molar-refractivity contribution in [2.75, 3.05) is 19.7 Å². The van der Waals surface area contributed by atoms with Gasteiger partial charge in [-0.05, 0) is 18.9 Å². The summed E-state index contributed by atoms with van der Waals surface area (Å²) in [5.41, 5.74) is 1.14. The second kappa shape index (κ2) is 6.74. The molecule has 1 amide bonds. The molecular weight excluding hydrogens is 298 g/mol. The summed E-state index contributed by atoms with van der Waals surface area (Å²) < 4.78 is 7.30. The van der Waals surface area contributed by atoms with E-state index in [9.17, 15) is 9.59 Å². The first kappa shape index (κ1) is 15.4. The zero-order valence-electron chi connectivity index (χ0n) is 12.9. The molecule has 1 saturated heterocycles. The lowest BCUT2D eigenvalue weighted by molar-refractivity contribution is -0.0250. The summed E-state index contributed by atoms with van der Waals surface area (Å²) in [5.74, 6) is -0.0346. The Hall–Kier alpha value is -2.48. The van der Waals surface area contributed by atoms with Gasteiger partial charge in [-0.2, -0.15) is 5.10 Å². The van der Waals surface area contributed by atoms with Crippen LogP contribution in [0.4, 0.5) is 0 Å². The van der Waals surface area contributed by atoms with E-state index in [1.54, 1.807) is 28.9 Å². The number of aryl methyl sites for hydroxylation is 2. The van der Waals surface area contributed by atoms with Crippen LogP contribution in [0.25, 0.3) is 0 Å². The van der Waals surface area contributed by atoms with Gasteiger partial charge in [-0.15, -0.1) is 0 Å². The molecule has 122 valence electrons. The predicted molar refractivity (Wildman–Crippen MR) is 82.0 cm³/mol. The molecule has 3 heterocycles. The number of amides is 1. The molecule has 0 aromatic carbocycles. The molecule has 8 heteroatoms. The Bertz CT molecular complexity index is 738. The van der Waals surface area contributed by atoms with Gasteiger partial charge in [0.15, 0.2) is 0 Å². The number of carbonyl (C=O) groups excluding carboxylic acids is 1. The Labute approximate surface area is 133 Å². The van der Waals surface area contributed by atoms with Crippen molar-refractivity contribution in [2.45, 2.75) is 18.9 Å². The Morgan fingerprint density at radius 3 is 3.13 bits per heavy atom. The van der Waals surface area contributed by atoms with Gasteiger partial charge in [0.05, 0.1) is 19.0 Å². The molecule has 1 N–H and O–H groups in total. The lowest BCUT2D eigenvalue weighted by atomic mass is 10.1. The summed E-state index contributed by atoms with van der Waals surface area (Å²) >= 11 is 0. The molecule has 0 aliphatic carbocycles. The third kappa shape index (κ3) is 3.65. The minimum absolute atomic E-state index is 0.0346. The molecule has 0 spiro atoms. The smallest absolute Gasteiger partial charge is 0.272 e. The van der Waals surface area contributed by atoms with Crippen LogP contribution in [0.3, 0.4) is 0 Å². The molecule has 0 bridgehead atoms. The van der Waals surface area contributed by atoms with Gasteiger partial charge in [0.1, 0.15) is 5.69 Å². The molecule has 0 saturated carbocycles. The van der Waals surface area contributed by atoms with E-state index in [1.165, 1.54) is 12.4 Å². The summed E-state index contributed by atoms with van der Waals surface area (Å²) in [7, 11) is 1.75. The average molecular weight is 317 g/mol. The second-order valence-electron chi connectivity index (χ2n) is 5.53. The molecule has 0 radical (unpaired) electrons.